The van der Waals surface area contributed by atoms with Crippen LogP contribution in [0.15, 0.2) is 0 Å². The topological polar surface area (TPSA) is 24.5 Å². The number of nitrogens with one attached hydrogen (secondary N) is 1. The molecule has 2 aliphatic rings. The van der Waals surface area contributed by atoms with E-state index in [9.17, 15) is 0 Å². The van der Waals surface area contributed by atoms with E-state index in [1.165, 1.54) is 45.3 Å². The minimum absolute atomic E-state index is 0.464. The van der Waals surface area contributed by atoms with Crippen molar-refractivity contribution in [2.45, 2.75) is 31.8 Å². The lowest BCUT2D eigenvalue weighted by Crippen LogP contribution is -2.41. The van der Waals surface area contributed by atoms with Gasteiger partial charge in [0.05, 0.1) is 12.7 Å². The van der Waals surface area contributed by atoms with Gasteiger partial charge in [-0.3, -0.25) is 0 Å². The molecule has 2 heterocycles. The van der Waals surface area contributed by atoms with Gasteiger partial charge in [0.2, 0.25) is 0 Å². The molecule has 0 bridgehead atoms. The fourth-order valence-electron chi connectivity index (χ4n) is 2.31. The van der Waals surface area contributed by atoms with Gasteiger partial charge >= 0.3 is 0 Å². The van der Waals surface area contributed by atoms with Crippen LogP contribution >= 0.6 is 0 Å². The van der Waals surface area contributed by atoms with Crippen molar-refractivity contribution in [2.75, 3.05) is 39.3 Å². The molecule has 0 spiro atoms. The van der Waals surface area contributed by atoms with Crippen molar-refractivity contribution in [1.29, 1.82) is 0 Å². The van der Waals surface area contributed by atoms with E-state index in [1.54, 1.807) is 0 Å². The van der Waals surface area contributed by atoms with Crippen LogP contribution in [0.5, 0.6) is 0 Å². The zero-order chi connectivity index (χ0) is 9.64. The second-order valence-corrected chi connectivity index (χ2v) is 4.39. The third-order valence-electron chi connectivity index (χ3n) is 3.22. The summed E-state index contributed by atoms with van der Waals surface area (Å²) in [5.41, 5.74) is 0. The van der Waals surface area contributed by atoms with Gasteiger partial charge in [-0.25, -0.2) is 0 Å². The minimum atomic E-state index is 0.464. The highest BCUT2D eigenvalue weighted by Gasteiger charge is 2.16. The van der Waals surface area contributed by atoms with Crippen molar-refractivity contribution >= 4 is 0 Å². The number of morpholine rings is 1. The molecule has 82 valence electrons. The largest absolute Gasteiger partial charge is 0.376 e. The first kappa shape index (κ1) is 10.4. The summed E-state index contributed by atoms with van der Waals surface area (Å²) in [7, 11) is 0. The number of nitrogens with zero attached hydrogens (tertiary/aromatic N) is 1. The summed E-state index contributed by atoms with van der Waals surface area (Å²) < 4.78 is 5.68. The fraction of sp³-hybridized carbons (Fsp3) is 1.00. The van der Waals surface area contributed by atoms with Crippen LogP contribution in [-0.4, -0.2) is 50.3 Å². The number of likely N-dealkylation sites (tertiary alicyclic amines) is 1. The molecule has 3 heteroatoms. The number of piperidine rings is 1. The second kappa shape index (κ2) is 5.69. The number of hydrogen-bond acceptors (Lipinski definition) is 3. The van der Waals surface area contributed by atoms with E-state index >= 15 is 0 Å². The van der Waals surface area contributed by atoms with Crippen LogP contribution in [0.25, 0.3) is 0 Å². The van der Waals surface area contributed by atoms with Gasteiger partial charge in [-0.2, -0.15) is 0 Å². The maximum absolute atomic E-state index is 5.68. The average Bonchev–Trinajstić information content (AvgIpc) is 2.29. The molecule has 1 unspecified atom stereocenters. The van der Waals surface area contributed by atoms with Gasteiger partial charge in [0.25, 0.3) is 0 Å². The van der Waals surface area contributed by atoms with Crippen LogP contribution in [0.1, 0.15) is 25.7 Å². The summed E-state index contributed by atoms with van der Waals surface area (Å²) >= 11 is 0. The molecule has 0 aromatic heterocycles. The Balaban J connectivity index is 1.60. The Hall–Kier alpha value is -0.120. The first-order chi connectivity index (χ1) is 6.95. The van der Waals surface area contributed by atoms with E-state index in [1.807, 2.05) is 0 Å². The van der Waals surface area contributed by atoms with Crippen molar-refractivity contribution in [1.82, 2.24) is 10.2 Å². The summed E-state index contributed by atoms with van der Waals surface area (Å²) in [6.45, 7) is 6.81. The Labute approximate surface area is 86.8 Å². The zero-order valence-electron chi connectivity index (χ0n) is 9.00. The highest BCUT2D eigenvalue weighted by molar-refractivity contribution is 4.71. The van der Waals surface area contributed by atoms with Gasteiger partial charge < -0.3 is 15.0 Å². The third-order valence-corrected chi connectivity index (χ3v) is 3.22. The molecule has 0 aliphatic carbocycles. The molecule has 3 nitrogen and oxygen atoms in total. The van der Waals surface area contributed by atoms with E-state index in [0.29, 0.717) is 6.10 Å². The molecule has 1 N–H and O–H groups in total. The summed E-state index contributed by atoms with van der Waals surface area (Å²) in [5.74, 6) is 0. The third kappa shape index (κ3) is 3.23. The van der Waals surface area contributed by atoms with Crippen molar-refractivity contribution in [3.63, 3.8) is 0 Å². The molecule has 1 atom stereocenters. The Bertz CT molecular complexity index is 133. The predicted octanol–water partition coefficient (Wildman–Crippen LogP) is 0.851. The summed E-state index contributed by atoms with van der Waals surface area (Å²) in [6.07, 6.45) is 5.88. The second-order valence-electron chi connectivity index (χ2n) is 4.39. The maximum atomic E-state index is 5.68. The molecule has 0 saturated carbocycles. The van der Waals surface area contributed by atoms with E-state index < -0.39 is 0 Å². The van der Waals surface area contributed by atoms with E-state index in [0.717, 1.165) is 19.7 Å². The van der Waals surface area contributed by atoms with Crippen molar-refractivity contribution in [2.24, 2.45) is 0 Å². The summed E-state index contributed by atoms with van der Waals surface area (Å²) in [6, 6.07) is 0. The minimum Gasteiger partial charge on any atom is -0.376 e. The van der Waals surface area contributed by atoms with Crippen LogP contribution in [0.2, 0.25) is 0 Å². The monoisotopic (exact) mass is 198 g/mol. The quantitative estimate of drug-likeness (QED) is 0.727. The standard InChI is InChI=1S/C11H22N2O/c1-2-6-13(7-3-1)8-4-11-10-12-5-9-14-11/h11-12H,1-10H2. The highest BCUT2D eigenvalue weighted by Crippen LogP contribution is 2.10. The first-order valence-electron chi connectivity index (χ1n) is 6.00. The van der Waals surface area contributed by atoms with Gasteiger partial charge in [0.15, 0.2) is 0 Å². The summed E-state index contributed by atoms with van der Waals surface area (Å²) in [5, 5.41) is 3.38. The van der Waals surface area contributed by atoms with Crippen molar-refractivity contribution in [3.05, 3.63) is 0 Å². The van der Waals surface area contributed by atoms with Gasteiger partial charge in [-0.15, -0.1) is 0 Å². The van der Waals surface area contributed by atoms with Crippen molar-refractivity contribution in [3.8, 4) is 0 Å². The van der Waals surface area contributed by atoms with E-state index in [2.05, 4.69) is 10.2 Å². The molecule has 0 radical (unpaired) electrons. The smallest absolute Gasteiger partial charge is 0.0712 e. The Morgan fingerprint density at radius 3 is 2.79 bits per heavy atom. The lowest BCUT2D eigenvalue weighted by Gasteiger charge is -2.29. The normalized spacial score (nSPS) is 30.4. The van der Waals surface area contributed by atoms with Crippen molar-refractivity contribution < 1.29 is 4.74 Å². The molecular weight excluding hydrogens is 176 g/mol. The van der Waals surface area contributed by atoms with Gasteiger partial charge in [0, 0.05) is 19.6 Å². The molecule has 0 aromatic rings. The number of hydrogen-bond donors (Lipinski definition) is 1. The molecule has 2 saturated heterocycles. The average molecular weight is 198 g/mol. The number of ether oxygens (including phenoxy) is 1. The SMILES string of the molecule is C1CCN(CCC2CNCCO2)CC1. The molecule has 14 heavy (non-hydrogen) atoms. The Morgan fingerprint density at radius 2 is 2.07 bits per heavy atom. The van der Waals surface area contributed by atoms with Gasteiger partial charge in [-0.05, 0) is 32.4 Å². The summed E-state index contributed by atoms with van der Waals surface area (Å²) in [4.78, 5) is 2.58. The lowest BCUT2D eigenvalue weighted by atomic mass is 10.1. The fourth-order valence-corrected chi connectivity index (χ4v) is 2.31. The van der Waals surface area contributed by atoms with Gasteiger partial charge in [0.1, 0.15) is 0 Å². The maximum Gasteiger partial charge on any atom is 0.0712 e. The van der Waals surface area contributed by atoms with Gasteiger partial charge in [-0.1, -0.05) is 6.42 Å². The lowest BCUT2D eigenvalue weighted by molar-refractivity contribution is 0.0163. The molecule has 0 amide bonds. The Kier molecular flexibility index (Phi) is 4.22. The van der Waals surface area contributed by atoms with Crippen LogP contribution < -0.4 is 5.32 Å². The molecular formula is C11H22N2O. The number of rotatable bonds is 3. The molecule has 2 rings (SSSR count). The molecule has 2 fully saturated rings. The van der Waals surface area contributed by atoms with Crippen LogP contribution in [0.3, 0.4) is 0 Å². The highest BCUT2D eigenvalue weighted by atomic mass is 16.5. The van der Waals surface area contributed by atoms with Crippen LogP contribution in [-0.2, 0) is 4.74 Å². The molecule has 0 aromatic carbocycles. The predicted molar refractivity (Wildman–Crippen MR) is 57.5 cm³/mol. The van der Waals surface area contributed by atoms with E-state index in [4.69, 9.17) is 4.74 Å². The Morgan fingerprint density at radius 1 is 1.21 bits per heavy atom. The van der Waals surface area contributed by atoms with Crippen LogP contribution in [0.4, 0.5) is 0 Å². The zero-order valence-corrected chi connectivity index (χ0v) is 9.00. The van der Waals surface area contributed by atoms with Crippen LogP contribution in [0, 0.1) is 0 Å². The first-order valence-corrected chi connectivity index (χ1v) is 6.00. The van der Waals surface area contributed by atoms with E-state index in [-0.39, 0.29) is 0 Å². The molecule has 2 aliphatic heterocycles.